The van der Waals surface area contributed by atoms with Crippen LogP contribution in [0.1, 0.15) is 62.7 Å². The van der Waals surface area contributed by atoms with E-state index < -0.39 is 33.9 Å². The Kier molecular flexibility index (Phi) is 40.0. The maximum absolute atomic E-state index is 12.0. The summed E-state index contributed by atoms with van der Waals surface area (Å²) in [6, 6.07) is 25.0. The van der Waals surface area contributed by atoms with Crippen LogP contribution >= 0.6 is 81.0 Å². The molecule has 0 bridgehead atoms. The Morgan fingerprint density at radius 1 is 0.617 bits per heavy atom. The number of aromatic hydroxyl groups is 1. The number of phenols is 1. The number of ether oxygens (including phenoxy) is 2. The number of aromatic carboxylic acids is 1. The topological polar surface area (TPSA) is 368 Å². The SMILES string of the molecule is C.CC(=O)Oc1ccccc1C(=O)Nc1nccs1.CC(=O)Oc1ccccc1C(=O)O.CS(=O)(=O)Oc1ccccc1C(=O)Nc1nccs1.Cl.ClCCl.Nc1nccs1.O=C(Nc1nccs1)c1ccccc1O.O=CO[O-].[Na+]. The Hall–Kier alpha value is -7.13. The molecule has 0 aliphatic heterocycles. The molecule has 0 unspecified atom stereocenters. The number of nitrogens with zero attached hydrogens (tertiary/aromatic N) is 4. The summed E-state index contributed by atoms with van der Waals surface area (Å²) in [5.74, 6) is -3.05. The zero-order valence-corrected chi connectivity index (χ0v) is 50.2. The standard InChI is InChI=1S/C12H10N2O3S.C11H10N2O4S2.C10H8N2O2S.C9H8O4.C3H4N2S.CH2Cl2.CH2O3.CH4.ClH.Na/c1-8(15)17-10-5-3-2-4-9(10)11(16)14-12-13-6-7-18-12;1-19(15,16)17-9-5-3-2-4-8(9)10(14)13-11-12-6-7-18-11;13-8-4-2-1-3-7(8)9(14)12-10-11-5-6-15-10;1-6(10)13-8-5-3-2-4-7(8)9(11)12;4-3-5-1-2-6-3;2-1-3;2-1-4-3;;;/h2-7H,1H3,(H,13,14,16);2-7H,1H3,(H,12,13,14);1-6,13H,(H,11,12,14);2-5H,1H3,(H,11,12);1-2H,(H2,4,5);1H2;1,3H;1H4;1H;/q;;;;;;;;;+1/p-1. The van der Waals surface area contributed by atoms with Gasteiger partial charge in [0, 0.05) is 60.2 Å². The summed E-state index contributed by atoms with van der Waals surface area (Å²) >= 11 is 14.9. The number of para-hydroxylation sites is 4. The first-order chi connectivity index (χ1) is 37.2. The molecule has 428 valence electrons. The molecule has 4 heterocycles. The number of thiazole rings is 4. The summed E-state index contributed by atoms with van der Waals surface area (Å²) in [6.45, 7) is 2.33. The van der Waals surface area contributed by atoms with Gasteiger partial charge in [0.15, 0.2) is 26.3 Å². The van der Waals surface area contributed by atoms with Gasteiger partial charge in [0.2, 0.25) is 0 Å². The Labute approximate surface area is 518 Å². The number of carboxylic acid groups (broad SMARTS) is 1. The summed E-state index contributed by atoms with van der Waals surface area (Å²) in [5.41, 5.74) is 5.83. The molecule has 0 spiro atoms. The normalized spacial score (nSPS) is 9.21. The molecule has 24 nitrogen and oxygen atoms in total. The minimum absolute atomic E-state index is 0. The molecule has 7 N–H and O–H groups in total. The van der Waals surface area contributed by atoms with Gasteiger partial charge in [-0.25, -0.2) is 24.7 Å². The second-order valence-corrected chi connectivity index (χ2v) is 19.3. The van der Waals surface area contributed by atoms with Crippen molar-refractivity contribution in [3.05, 3.63) is 166 Å². The van der Waals surface area contributed by atoms with Crippen LogP contribution in [0.5, 0.6) is 23.0 Å². The Bertz CT molecular complexity index is 3230. The van der Waals surface area contributed by atoms with Crippen LogP contribution in [0.3, 0.4) is 0 Å². The van der Waals surface area contributed by atoms with Gasteiger partial charge in [0.25, 0.3) is 24.2 Å². The molecule has 8 rings (SSSR count). The predicted molar refractivity (Wildman–Crippen MR) is 307 cm³/mol. The minimum Gasteiger partial charge on any atom is -0.662 e. The van der Waals surface area contributed by atoms with E-state index in [-0.39, 0.29) is 113 Å². The molecule has 4 aromatic carbocycles. The Morgan fingerprint density at radius 2 is 0.938 bits per heavy atom. The van der Waals surface area contributed by atoms with Gasteiger partial charge in [-0.05, 0) is 48.5 Å². The van der Waals surface area contributed by atoms with Crippen LogP contribution in [0.25, 0.3) is 0 Å². The third-order valence-corrected chi connectivity index (χ3v) is 10.9. The molecule has 0 saturated heterocycles. The van der Waals surface area contributed by atoms with Gasteiger partial charge in [-0.15, -0.1) is 81.0 Å². The van der Waals surface area contributed by atoms with Crippen molar-refractivity contribution in [3.8, 4) is 23.0 Å². The third-order valence-electron chi connectivity index (χ3n) is 7.73. The van der Waals surface area contributed by atoms with Crippen molar-refractivity contribution in [2.45, 2.75) is 21.3 Å². The minimum atomic E-state index is -3.69. The van der Waals surface area contributed by atoms with E-state index in [1.807, 2.05) is 5.38 Å². The van der Waals surface area contributed by atoms with Gasteiger partial charge in [-0.1, -0.05) is 56.0 Å². The molecule has 33 heteroatoms. The van der Waals surface area contributed by atoms with Gasteiger partial charge in [-0.3, -0.25) is 44.7 Å². The number of phenolic OH excluding ortho intramolecular Hbond substituents is 1. The number of carbonyl (C=O) groups is 7. The monoisotopic (exact) mass is 1280 g/mol. The van der Waals surface area contributed by atoms with Crippen LogP contribution in [0.4, 0.5) is 20.5 Å². The van der Waals surface area contributed by atoms with E-state index in [0.717, 1.165) is 6.26 Å². The number of nitrogens with one attached hydrogen (secondary N) is 3. The van der Waals surface area contributed by atoms with Crippen molar-refractivity contribution in [1.82, 2.24) is 19.9 Å². The number of aromatic nitrogens is 4. The van der Waals surface area contributed by atoms with Crippen LogP contribution in [0.15, 0.2) is 143 Å². The molecule has 0 aliphatic rings. The van der Waals surface area contributed by atoms with Gasteiger partial charge in [-0.2, -0.15) is 8.42 Å². The summed E-state index contributed by atoms with van der Waals surface area (Å²) in [4.78, 5) is 94.5. The average molecular weight is 1280 g/mol. The van der Waals surface area contributed by atoms with Crippen LogP contribution in [0, 0.1) is 0 Å². The molecule has 0 aliphatic carbocycles. The largest absolute Gasteiger partial charge is 1.00 e. The fourth-order valence-corrected chi connectivity index (χ4v) is 7.35. The van der Waals surface area contributed by atoms with E-state index >= 15 is 0 Å². The average Bonchev–Trinajstić information content (AvgIpc) is 4.27. The molecular weight excluding hydrogens is 1230 g/mol. The number of carbonyl (C=O) groups excluding carboxylic acids is 6. The molecular formula is C48H48Cl3N8NaO16S5. The number of rotatable bonds is 12. The van der Waals surface area contributed by atoms with Crippen molar-refractivity contribution in [3.63, 3.8) is 0 Å². The second kappa shape index (κ2) is 42.7. The number of nitrogen functional groups attached to an aromatic ring is 1. The number of amides is 3. The Morgan fingerprint density at radius 3 is 1.25 bits per heavy atom. The van der Waals surface area contributed by atoms with E-state index in [9.17, 15) is 42.3 Å². The first kappa shape index (κ1) is 75.9. The Balaban J connectivity index is 0. The smallest absolute Gasteiger partial charge is 0.662 e. The number of hydrogen-bond donors (Lipinski definition) is 6. The van der Waals surface area contributed by atoms with E-state index in [2.05, 4.69) is 45.5 Å². The van der Waals surface area contributed by atoms with Crippen molar-refractivity contribution < 1.29 is 106 Å². The van der Waals surface area contributed by atoms with Crippen LogP contribution < -0.4 is 70.2 Å². The molecule has 3 amide bonds. The van der Waals surface area contributed by atoms with E-state index in [0.29, 0.717) is 26.1 Å². The van der Waals surface area contributed by atoms with Gasteiger partial charge in [0.05, 0.1) is 28.3 Å². The van der Waals surface area contributed by atoms with E-state index in [1.165, 1.54) is 89.5 Å². The van der Waals surface area contributed by atoms with Gasteiger partial charge >= 0.3 is 57.6 Å². The quantitative estimate of drug-likeness (QED) is 0.0117. The summed E-state index contributed by atoms with van der Waals surface area (Å²) < 4.78 is 36.7. The zero-order chi connectivity index (χ0) is 57.9. The molecule has 0 radical (unpaired) electrons. The fourth-order valence-electron chi connectivity index (χ4n) is 4.92. The number of alkyl halides is 2. The van der Waals surface area contributed by atoms with Crippen molar-refractivity contribution in [2.75, 3.05) is 33.3 Å². The van der Waals surface area contributed by atoms with Crippen molar-refractivity contribution in [1.29, 1.82) is 0 Å². The molecule has 8 aromatic rings. The van der Waals surface area contributed by atoms with Crippen LogP contribution in [-0.4, -0.2) is 92.3 Å². The molecule has 0 saturated carbocycles. The first-order valence-electron chi connectivity index (χ1n) is 20.9. The van der Waals surface area contributed by atoms with E-state index in [1.54, 1.807) is 108 Å². The van der Waals surface area contributed by atoms with Gasteiger partial charge in [0.1, 0.15) is 22.8 Å². The van der Waals surface area contributed by atoms with E-state index in [4.69, 9.17) is 53.0 Å². The van der Waals surface area contributed by atoms with Crippen molar-refractivity contribution >= 4 is 154 Å². The molecule has 4 aromatic heterocycles. The first-order valence-corrected chi connectivity index (χ1v) is 27.3. The van der Waals surface area contributed by atoms with Crippen molar-refractivity contribution in [2.24, 2.45) is 0 Å². The maximum Gasteiger partial charge on any atom is 1.00 e. The number of halogens is 3. The summed E-state index contributed by atoms with van der Waals surface area (Å²) in [6.07, 6.45) is 7.35. The van der Waals surface area contributed by atoms with Crippen LogP contribution in [0.2, 0.25) is 0 Å². The number of nitrogens with two attached hydrogens (primary N) is 1. The fraction of sp³-hybridized carbons (Fsp3) is 0.104. The summed E-state index contributed by atoms with van der Waals surface area (Å²) in [7, 11) is -3.69. The third kappa shape index (κ3) is 32.0. The number of carboxylic acids is 1. The molecule has 0 atom stereocenters. The number of benzene rings is 4. The number of esters is 2. The predicted octanol–water partition coefficient (Wildman–Crippen LogP) is 6.11. The van der Waals surface area contributed by atoms with Gasteiger partial charge < -0.3 is 39.7 Å². The number of anilines is 4. The molecule has 0 fully saturated rings. The summed E-state index contributed by atoms with van der Waals surface area (Å²) in [5, 5.41) is 43.7. The van der Waals surface area contributed by atoms with Crippen LogP contribution in [-0.2, 0) is 29.4 Å². The maximum atomic E-state index is 12.0. The molecule has 81 heavy (non-hydrogen) atoms. The zero-order valence-electron chi connectivity index (χ0n) is 41.8. The second-order valence-electron chi connectivity index (χ2n) is 13.3. The number of hydrogen-bond acceptors (Lipinski definition) is 24.